The molecule has 1 saturated heterocycles. The van der Waals surface area contributed by atoms with E-state index in [0.717, 1.165) is 12.0 Å². The Balaban J connectivity index is 2.16. The summed E-state index contributed by atoms with van der Waals surface area (Å²) >= 11 is 0. The van der Waals surface area contributed by atoms with E-state index in [0.29, 0.717) is 6.42 Å². The number of hydrogen-bond acceptors (Lipinski definition) is 3. The van der Waals surface area contributed by atoms with E-state index in [-0.39, 0.29) is 24.5 Å². The van der Waals surface area contributed by atoms with E-state index in [1.165, 1.54) is 4.90 Å². The zero-order chi connectivity index (χ0) is 13.8. The highest BCUT2D eigenvalue weighted by atomic mass is 16.6. The van der Waals surface area contributed by atoms with Crippen molar-refractivity contribution in [3.8, 4) is 0 Å². The predicted molar refractivity (Wildman–Crippen MR) is 71.4 cm³/mol. The number of ether oxygens (including phenoxy) is 1. The summed E-state index contributed by atoms with van der Waals surface area (Å²) in [6.45, 7) is 4.29. The van der Waals surface area contributed by atoms with Gasteiger partial charge in [0.1, 0.15) is 12.6 Å². The van der Waals surface area contributed by atoms with E-state index in [2.05, 4.69) is 0 Å². The summed E-state index contributed by atoms with van der Waals surface area (Å²) in [5.74, 6) is 0.128. The number of cyclic esters (lactones) is 1. The highest BCUT2D eigenvalue weighted by molar-refractivity contribution is 5.93. The van der Waals surface area contributed by atoms with Crippen LogP contribution in [0.25, 0.3) is 0 Å². The van der Waals surface area contributed by atoms with Crippen LogP contribution in [-0.4, -0.2) is 23.5 Å². The molecule has 0 aliphatic carbocycles. The monoisotopic (exact) mass is 261 g/mol. The fourth-order valence-corrected chi connectivity index (χ4v) is 2.16. The third-order valence-corrected chi connectivity index (χ3v) is 3.55. The van der Waals surface area contributed by atoms with Gasteiger partial charge in [-0.25, -0.2) is 9.69 Å². The Morgan fingerprint density at radius 1 is 1.42 bits per heavy atom. The lowest BCUT2D eigenvalue weighted by atomic mass is 10.0. The molecule has 0 radical (unpaired) electrons. The van der Waals surface area contributed by atoms with Crippen LogP contribution >= 0.6 is 0 Å². The molecule has 1 aromatic rings. The number of nitrogens with zero attached hydrogens (tertiary/aromatic N) is 1. The first-order chi connectivity index (χ1) is 9.13. The van der Waals surface area contributed by atoms with Crippen LogP contribution < -0.4 is 0 Å². The van der Waals surface area contributed by atoms with Gasteiger partial charge >= 0.3 is 6.09 Å². The summed E-state index contributed by atoms with van der Waals surface area (Å²) in [6.07, 6.45) is 0.779. The van der Waals surface area contributed by atoms with Crippen molar-refractivity contribution in [3.05, 3.63) is 35.9 Å². The normalized spacial score (nSPS) is 20.2. The van der Waals surface area contributed by atoms with Crippen molar-refractivity contribution in [2.24, 2.45) is 5.92 Å². The summed E-state index contributed by atoms with van der Waals surface area (Å²) in [7, 11) is 0. The lowest BCUT2D eigenvalue weighted by molar-refractivity contribution is -0.130. The quantitative estimate of drug-likeness (QED) is 0.836. The van der Waals surface area contributed by atoms with Gasteiger partial charge in [-0.15, -0.1) is 0 Å². The highest BCUT2D eigenvalue weighted by Crippen LogP contribution is 2.29. The maximum absolute atomic E-state index is 12.2. The molecule has 2 atom stereocenters. The number of imide groups is 1. The number of carbonyl (C=O) groups is 2. The molecular formula is C15H19NO3. The Kier molecular flexibility index (Phi) is 4.20. The summed E-state index contributed by atoms with van der Waals surface area (Å²) in [5.41, 5.74) is 0.936. The van der Waals surface area contributed by atoms with Crippen molar-refractivity contribution in [2.45, 2.75) is 32.7 Å². The van der Waals surface area contributed by atoms with Crippen molar-refractivity contribution in [1.29, 1.82) is 0 Å². The minimum absolute atomic E-state index is 0.147. The number of carbonyl (C=O) groups excluding carboxylic acids is 2. The van der Waals surface area contributed by atoms with Crippen LogP contribution in [0.5, 0.6) is 0 Å². The number of amides is 2. The largest absolute Gasteiger partial charge is 0.446 e. The molecule has 1 aromatic carbocycles. The maximum atomic E-state index is 12.2. The van der Waals surface area contributed by atoms with Crippen LogP contribution in [0, 0.1) is 5.92 Å². The van der Waals surface area contributed by atoms with E-state index >= 15 is 0 Å². The molecule has 1 aliphatic rings. The molecule has 4 nitrogen and oxygen atoms in total. The maximum Gasteiger partial charge on any atom is 0.417 e. The van der Waals surface area contributed by atoms with Crippen LogP contribution in [0.15, 0.2) is 30.3 Å². The van der Waals surface area contributed by atoms with Crippen molar-refractivity contribution in [3.63, 3.8) is 0 Å². The van der Waals surface area contributed by atoms with Gasteiger partial charge in [0.15, 0.2) is 0 Å². The Bertz CT molecular complexity index is 458. The summed E-state index contributed by atoms with van der Waals surface area (Å²) < 4.78 is 5.04. The topological polar surface area (TPSA) is 46.6 Å². The summed E-state index contributed by atoms with van der Waals surface area (Å²) in [6, 6.07) is 9.24. The molecular weight excluding hydrogens is 242 g/mol. The molecule has 0 spiro atoms. The van der Waals surface area contributed by atoms with Gasteiger partial charge in [0.2, 0.25) is 5.91 Å². The Morgan fingerprint density at radius 3 is 2.74 bits per heavy atom. The van der Waals surface area contributed by atoms with Gasteiger partial charge in [-0.3, -0.25) is 4.79 Å². The van der Waals surface area contributed by atoms with Gasteiger partial charge in [-0.2, -0.15) is 0 Å². The van der Waals surface area contributed by atoms with Gasteiger partial charge in [0.25, 0.3) is 0 Å². The number of rotatable bonds is 4. The molecule has 0 aromatic heterocycles. The molecule has 0 bridgehead atoms. The predicted octanol–water partition coefficient (Wildman–Crippen LogP) is 3.14. The fourth-order valence-electron chi connectivity index (χ4n) is 2.16. The van der Waals surface area contributed by atoms with E-state index in [9.17, 15) is 9.59 Å². The van der Waals surface area contributed by atoms with E-state index in [1.807, 2.05) is 44.2 Å². The summed E-state index contributed by atoms with van der Waals surface area (Å²) in [4.78, 5) is 25.3. The summed E-state index contributed by atoms with van der Waals surface area (Å²) in [5, 5.41) is 0. The third kappa shape index (κ3) is 2.95. The van der Waals surface area contributed by atoms with Crippen LogP contribution in [-0.2, 0) is 9.53 Å². The van der Waals surface area contributed by atoms with E-state index in [1.54, 1.807) is 0 Å². The van der Waals surface area contributed by atoms with Crippen LogP contribution in [0.4, 0.5) is 4.79 Å². The zero-order valence-corrected chi connectivity index (χ0v) is 11.3. The molecule has 1 aliphatic heterocycles. The van der Waals surface area contributed by atoms with Crippen LogP contribution in [0.1, 0.15) is 38.3 Å². The number of hydrogen-bond donors (Lipinski definition) is 0. The van der Waals surface area contributed by atoms with Gasteiger partial charge in [-0.05, 0) is 11.5 Å². The van der Waals surface area contributed by atoms with Gasteiger partial charge in [-0.1, -0.05) is 50.6 Å². The van der Waals surface area contributed by atoms with Gasteiger partial charge < -0.3 is 4.74 Å². The minimum atomic E-state index is -0.526. The van der Waals surface area contributed by atoms with Crippen molar-refractivity contribution < 1.29 is 14.3 Å². The van der Waals surface area contributed by atoms with Crippen molar-refractivity contribution in [1.82, 2.24) is 4.90 Å². The second-order valence-corrected chi connectivity index (χ2v) is 4.98. The Labute approximate surface area is 113 Å². The lowest BCUT2D eigenvalue weighted by Crippen LogP contribution is -2.35. The Hall–Kier alpha value is -1.84. The fraction of sp³-hybridized carbons (Fsp3) is 0.467. The SMILES string of the molecule is CCC(C)CC(=O)N1C(=O)OC[C@H]1c1ccccc1. The average molecular weight is 261 g/mol. The molecule has 0 saturated carbocycles. The van der Waals surface area contributed by atoms with Gasteiger partial charge in [0.05, 0.1) is 0 Å². The smallest absolute Gasteiger partial charge is 0.417 e. The molecule has 102 valence electrons. The molecule has 19 heavy (non-hydrogen) atoms. The van der Waals surface area contributed by atoms with Crippen molar-refractivity contribution in [2.75, 3.05) is 6.61 Å². The number of benzene rings is 1. The zero-order valence-electron chi connectivity index (χ0n) is 11.3. The van der Waals surface area contributed by atoms with E-state index < -0.39 is 6.09 Å². The van der Waals surface area contributed by atoms with E-state index in [4.69, 9.17) is 4.74 Å². The molecule has 4 heteroatoms. The molecule has 1 fully saturated rings. The minimum Gasteiger partial charge on any atom is -0.446 e. The molecule has 0 N–H and O–H groups in total. The highest BCUT2D eigenvalue weighted by Gasteiger charge is 2.38. The standard InChI is InChI=1S/C15H19NO3/c1-3-11(2)9-14(17)16-13(10-19-15(16)18)12-7-5-4-6-8-12/h4-8,11,13H,3,9-10H2,1-2H3/t11?,13-/m0/s1. The second kappa shape index (κ2) is 5.87. The van der Waals surface area contributed by atoms with Crippen molar-refractivity contribution >= 4 is 12.0 Å². The lowest BCUT2D eigenvalue weighted by Gasteiger charge is -2.21. The molecule has 2 rings (SSSR count). The van der Waals surface area contributed by atoms with Crippen LogP contribution in [0.2, 0.25) is 0 Å². The molecule has 1 heterocycles. The molecule has 1 unspecified atom stereocenters. The first kappa shape index (κ1) is 13.6. The first-order valence-electron chi connectivity index (χ1n) is 6.67. The second-order valence-electron chi connectivity index (χ2n) is 4.98. The third-order valence-electron chi connectivity index (χ3n) is 3.55. The van der Waals surface area contributed by atoms with Gasteiger partial charge in [0, 0.05) is 6.42 Å². The first-order valence-corrected chi connectivity index (χ1v) is 6.67. The average Bonchev–Trinajstić information content (AvgIpc) is 2.81. The Morgan fingerprint density at radius 2 is 2.11 bits per heavy atom. The molecule has 2 amide bonds. The van der Waals surface area contributed by atoms with Crippen LogP contribution in [0.3, 0.4) is 0 Å².